The van der Waals surface area contributed by atoms with Gasteiger partial charge in [0, 0.05) is 38.5 Å². The van der Waals surface area contributed by atoms with Crippen LogP contribution in [-0.4, -0.2) is 141 Å². The maximum absolute atomic E-state index is 14.1. The number of esters is 1. The molecule has 0 radical (unpaired) electrons. The van der Waals surface area contributed by atoms with Gasteiger partial charge >= 0.3 is 5.97 Å². The highest BCUT2D eigenvalue weighted by Crippen LogP contribution is 2.55. The highest BCUT2D eigenvalue weighted by atomic mass is 16.8. The Morgan fingerprint density at radius 3 is 2.39 bits per heavy atom. The second-order valence-corrected chi connectivity index (χ2v) is 21.2. The first-order chi connectivity index (χ1) is 29.3. The third-order valence-corrected chi connectivity index (χ3v) is 16.0. The van der Waals surface area contributed by atoms with Crippen molar-refractivity contribution < 1.29 is 72.6 Å². The van der Waals surface area contributed by atoms with E-state index < -0.39 is 107 Å². The van der Waals surface area contributed by atoms with E-state index in [9.17, 15) is 30.0 Å². The molecule has 0 amide bonds. The third-order valence-electron chi connectivity index (χ3n) is 16.0. The molecule has 19 unspecified atom stereocenters. The van der Waals surface area contributed by atoms with E-state index >= 15 is 0 Å². The third kappa shape index (κ3) is 8.09. The quantitative estimate of drug-likeness (QED) is 0.288. The molecule has 0 aromatic rings. The van der Waals surface area contributed by atoms with Crippen LogP contribution in [0, 0.1) is 17.8 Å². The molecule has 15 nitrogen and oxygen atoms in total. The molecule has 0 saturated carbocycles. The van der Waals surface area contributed by atoms with Crippen molar-refractivity contribution in [3.05, 3.63) is 23.8 Å². The summed E-state index contributed by atoms with van der Waals surface area (Å²) in [6.07, 6.45) is 4.76. The lowest BCUT2D eigenvalue weighted by Gasteiger charge is -2.47. The van der Waals surface area contributed by atoms with E-state index in [4.69, 9.17) is 42.6 Å². The maximum Gasteiger partial charge on any atom is 0.311 e. The molecule has 0 aliphatic carbocycles. The zero-order chi connectivity index (χ0) is 44.0. The lowest BCUT2D eigenvalue weighted by Crippen LogP contribution is -2.59. The Hall–Kier alpha value is -1.86. The van der Waals surface area contributed by atoms with Gasteiger partial charge in [-0.1, -0.05) is 37.6 Å². The molecule has 9 aliphatic rings. The molecule has 9 heterocycles. The first-order valence-electron chi connectivity index (χ1n) is 23.5. The molecule has 348 valence electrons. The van der Waals surface area contributed by atoms with Crippen LogP contribution in [0.15, 0.2) is 23.8 Å². The molecular weight excluding hydrogens is 805 g/mol. The zero-order valence-corrected chi connectivity index (χ0v) is 37.3. The summed E-state index contributed by atoms with van der Waals surface area (Å²) in [5, 5.41) is 45.5. The molecule has 19 atom stereocenters. The maximum atomic E-state index is 14.1. The largest absolute Gasteiger partial charge is 0.459 e. The summed E-state index contributed by atoms with van der Waals surface area (Å²) >= 11 is 0. The zero-order valence-electron chi connectivity index (χ0n) is 37.3. The molecular formula is C47H70O15. The molecule has 4 N–H and O–H groups in total. The first kappa shape index (κ1) is 45.3. The van der Waals surface area contributed by atoms with Gasteiger partial charge in [0.2, 0.25) is 5.79 Å². The Labute approximate surface area is 365 Å². The molecule has 0 aromatic carbocycles. The van der Waals surface area contributed by atoms with Gasteiger partial charge in [-0.05, 0) is 90.9 Å². The van der Waals surface area contributed by atoms with Crippen LogP contribution in [0.2, 0.25) is 0 Å². The van der Waals surface area contributed by atoms with Gasteiger partial charge < -0.3 is 63.1 Å². The first-order valence-corrected chi connectivity index (χ1v) is 23.5. The minimum absolute atomic E-state index is 0.0379. The number of ether oxygens (including phenoxy) is 9. The van der Waals surface area contributed by atoms with Crippen molar-refractivity contribution in [3.63, 3.8) is 0 Å². The number of aliphatic hydroxyl groups is 4. The van der Waals surface area contributed by atoms with E-state index in [1.165, 1.54) is 0 Å². The van der Waals surface area contributed by atoms with E-state index in [1.54, 1.807) is 13.8 Å². The molecule has 0 aromatic heterocycles. The molecule has 8 saturated heterocycles. The van der Waals surface area contributed by atoms with Gasteiger partial charge in [0.25, 0.3) is 0 Å². The number of hydrogen-bond donors (Lipinski definition) is 4. The Bertz CT molecular complexity index is 1770. The van der Waals surface area contributed by atoms with Gasteiger partial charge in [0.05, 0.1) is 48.6 Å². The van der Waals surface area contributed by atoms with Crippen molar-refractivity contribution in [1.82, 2.24) is 0 Å². The van der Waals surface area contributed by atoms with Crippen LogP contribution in [-0.2, 0) is 52.2 Å². The number of rotatable bonds is 2. The fourth-order valence-corrected chi connectivity index (χ4v) is 12.5. The normalized spacial score (nSPS) is 55.0. The van der Waals surface area contributed by atoms with Gasteiger partial charge in [0.1, 0.15) is 48.3 Å². The van der Waals surface area contributed by atoms with Gasteiger partial charge in [-0.3, -0.25) is 9.59 Å². The SMILES string of the molecule is CC1=C\C(C)CC2(C)CCC(O2)C23CCC(CO)(CC(O2)C2OC(C)(CC2=O)C(O)C2CCC4(CCCC(O4)C(C)C(=O)OC4CC(C5(O)OCCC(C)C5O)OC4\C=C\1)O2)O3. The van der Waals surface area contributed by atoms with Crippen LogP contribution in [0.4, 0.5) is 0 Å². The van der Waals surface area contributed by atoms with E-state index in [2.05, 4.69) is 19.9 Å². The van der Waals surface area contributed by atoms with Crippen molar-refractivity contribution in [2.75, 3.05) is 13.2 Å². The molecule has 9 aliphatic heterocycles. The van der Waals surface area contributed by atoms with Crippen molar-refractivity contribution in [3.8, 4) is 0 Å². The van der Waals surface area contributed by atoms with Crippen LogP contribution in [0.25, 0.3) is 0 Å². The smallest absolute Gasteiger partial charge is 0.311 e. The fourth-order valence-electron chi connectivity index (χ4n) is 12.5. The fraction of sp³-hybridized carbons (Fsp3) is 0.872. The lowest BCUT2D eigenvalue weighted by atomic mass is 9.87. The number of Topliss-reactive ketones (excluding diaryl/α,β-unsaturated/α-hetero) is 1. The van der Waals surface area contributed by atoms with Crippen molar-refractivity contribution in [1.29, 1.82) is 0 Å². The Morgan fingerprint density at radius 1 is 0.806 bits per heavy atom. The number of hydrogen-bond acceptors (Lipinski definition) is 15. The number of ketones is 1. The van der Waals surface area contributed by atoms with Crippen molar-refractivity contribution >= 4 is 11.8 Å². The lowest BCUT2D eigenvalue weighted by molar-refractivity contribution is -0.365. The van der Waals surface area contributed by atoms with Crippen molar-refractivity contribution in [2.24, 2.45) is 17.8 Å². The Balaban J connectivity index is 1.01. The minimum atomic E-state index is -1.97. The molecule has 62 heavy (non-hydrogen) atoms. The molecule has 15 heteroatoms. The number of carbonyl (C=O) groups is 2. The van der Waals surface area contributed by atoms with Gasteiger partial charge in [-0.15, -0.1) is 0 Å². The summed E-state index contributed by atoms with van der Waals surface area (Å²) in [5.74, 6) is -5.63. The van der Waals surface area contributed by atoms with Crippen molar-refractivity contribution in [2.45, 2.75) is 227 Å². The summed E-state index contributed by atoms with van der Waals surface area (Å²) in [5.41, 5.74) is -1.73. The molecule has 10 bridgehead atoms. The summed E-state index contributed by atoms with van der Waals surface area (Å²) < 4.78 is 58.8. The molecule has 2 spiro atoms. The van der Waals surface area contributed by atoms with E-state index in [0.29, 0.717) is 57.8 Å². The van der Waals surface area contributed by atoms with Crippen LogP contribution < -0.4 is 0 Å². The number of carbonyl (C=O) groups excluding carboxylic acids is 2. The summed E-state index contributed by atoms with van der Waals surface area (Å²) in [7, 11) is 0. The van der Waals surface area contributed by atoms with E-state index in [0.717, 1.165) is 18.4 Å². The average Bonchev–Trinajstić information content (AvgIpc) is 4.06. The average molecular weight is 875 g/mol. The van der Waals surface area contributed by atoms with E-state index in [-0.39, 0.29) is 50.1 Å². The Morgan fingerprint density at radius 2 is 1.60 bits per heavy atom. The number of allylic oxidation sites excluding steroid dienone is 3. The monoisotopic (exact) mass is 874 g/mol. The highest BCUT2D eigenvalue weighted by Gasteiger charge is 2.66. The summed E-state index contributed by atoms with van der Waals surface area (Å²) in [6.45, 7) is 11.7. The standard InChI is InChI=1S/C47H70O15/c1-26-9-10-32-34(21-37(55-32)47(53)39(50)28(3)13-19-54-47)56-41(52)29(4)31-8-7-14-45(57-31)16-11-33(58-45)40(51)43(6)23-30(49)38(61-43)35-24-44(25-48)17-18-46(59-35,62-44)36-12-15-42(5,60-36)22-27(2)20-26/h9-10,20,27-29,31-40,48,50-51,53H,7-8,11-19,21-25H2,1-6H3/b10-9+,26-20+. The number of aliphatic hydroxyl groups excluding tert-OH is 3. The minimum Gasteiger partial charge on any atom is -0.459 e. The topological polar surface area (TPSA) is 198 Å². The van der Waals surface area contributed by atoms with Gasteiger partial charge in [0.15, 0.2) is 17.4 Å². The predicted molar refractivity (Wildman–Crippen MR) is 219 cm³/mol. The van der Waals surface area contributed by atoms with Gasteiger partial charge in [-0.25, -0.2) is 0 Å². The molecule has 9 rings (SSSR count). The second kappa shape index (κ2) is 16.5. The van der Waals surface area contributed by atoms with Crippen LogP contribution >= 0.6 is 0 Å². The summed E-state index contributed by atoms with van der Waals surface area (Å²) in [4.78, 5) is 28.0. The van der Waals surface area contributed by atoms with E-state index in [1.807, 2.05) is 26.0 Å². The number of fused-ring (bicyclic) bond motifs is 10. The highest BCUT2D eigenvalue weighted by molar-refractivity contribution is 5.86. The molecule has 8 fully saturated rings. The second-order valence-electron chi connectivity index (χ2n) is 21.2. The van der Waals surface area contributed by atoms with Crippen LogP contribution in [0.5, 0.6) is 0 Å². The summed E-state index contributed by atoms with van der Waals surface area (Å²) in [6, 6.07) is 0. The van der Waals surface area contributed by atoms with Gasteiger partial charge in [-0.2, -0.15) is 0 Å². The van der Waals surface area contributed by atoms with Crippen LogP contribution in [0.3, 0.4) is 0 Å². The Kier molecular flexibility index (Phi) is 12.0. The predicted octanol–water partition coefficient (Wildman–Crippen LogP) is 4.23. The van der Waals surface area contributed by atoms with Crippen LogP contribution in [0.1, 0.15) is 131 Å².